The highest BCUT2D eigenvalue weighted by Crippen LogP contribution is 2.27. The van der Waals surface area contributed by atoms with Crippen LogP contribution in [0, 0.1) is 6.92 Å². The zero-order chi connectivity index (χ0) is 17.4. The van der Waals surface area contributed by atoms with E-state index in [1.54, 1.807) is 0 Å². The Balaban J connectivity index is 1.59. The van der Waals surface area contributed by atoms with Gasteiger partial charge in [-0.05, 0) is 50.0 Å². The molecule has 5 nitrogen and oxygen atoms in total. The molecule has 2 amide bonds. The summed E-state index contributed by atoms with van der Waals surface area (Å²) in [5, 5.41) is 3.04. The first kappa shape index (κ1) is 15.9. The van der Waals surface area contributed by atoms with Gasteiger partial charge in [0.15, 0.2) is 0 Å². The molecule has 25 heavy (non-hydrogen) atoms. The fourth-order valence-electron chi connectivity index (χ4n) is 3.35. The second kappa shape index (κ2) is 6.39. The Bertz CT molecular complexity index is 777. The fourth-order valence-corrected chi connectivity index (χ4v) is 3.35. The first-order valence-corrected chi connectivity index (χ1v) is 8.99. The molecule has 1 aromatic carbocycles. The smallest absolute Gasteiger partial charge is 0.251 e. The molecule has 1 saturated heterocycles. The lowest BCUT2D eigenvalue weighted by molar-refractivity contribution is -0.125. The number of likely N-dealkylation sites (tertiary alicyclic amines) is 1. The fraction of sp³-hybridized carbons (Fsp3) is 0.400. The van der Waals surface area contributed by atoms with Crippen molar-refractivity contribution in [3.8, 4) is 0 Å². The van der Waals surface area contributed by atoms with Crippen LogP contribution in [0.15, 0.2) is 42.2 Å². The third kappa shape index (κ3) is 3.31. The number of carbonyl (C=O) groups excluding carboxylic acids is 2. The van der Waals surface area contributed by atoms with Gasteiger partial charge in [0.25, 0.3) is 5.91 Å². The maximum absolute atomic E-state index is 12.3. The summed E-state index contributed by atoms with van der Waals surface area (Å²) in [7, 11) is 0. The van der Waals surface area contributed by atoms with Crippen molar-refractivity contribution in [2.75, 3.05) is 18.0 Å². The van der Waals surface area contributed by atoms with Crippen LogP contribution in [0.2, 0.25) is 0 Å². The summed E-state index contributed by atoms with van der Waals surface area (Å²) < 4.78 is 0. The van der Waals surface area contributed by atoms with Crippen LogP contribution in [-0.2, 0) is 4.79 Å². The second-order valence-corrected chi connectivity index (χ2v) is 7.01. The Morgan fingerprint density at radius 3 is 2.84 bits per heavy atom. The molecule has 2 aliphatic heterocycles. The number of nitrogens with one attached hydrogen (secondary N) is 1. The van der Waals surface area contributed by atoms with Crippen LogP contribution < -0.4 is 10.2 Å². The number of aryl methyl sites for hydroxylation is 1. The van der Waals surface area contributed by atoms with E-state index in [0.29, 0.717) is 18.0 Å². The van der Waals surface area contributed by atoms with Gasteiger partial charge in [0.05, 0.1) is 5.70 Å². The molecule has 1 N–H and O–H groups in total. The topological polar surface area (TPSA) is 52.7 Å². The van der Waals surface area contributed by atoms with E-state index in [1.807, 2.05) is 42.3 Å². The second-order valence-electron chi connectivity index (χ2n) is 7.01. The van der Waals surface area contributed by atoms with Gasteiger partial charge < -0.3 is 15.1 Å². The monoisotopic (exact) mass is 337 g/mol. The van der Waals surface area contributed by atoms with E-state index in [1.165, 1.54) is 0 Å². The SMILES string of the molecule is Cc1ccc(C(=O)NC2CC2)cc1N1C=C(N2CCCC2=O)C=CC1. The number of allylic oxidation sites excluding steroid dienone is 1. The highest BCUT2D eigenvalue weighted by Gasteiger charge is 2.26. The molecule has 0 unspecified atom stereocenters. The van der Waals surface area contributed by atoms with Gasteiger partial charge in [-0.1, -0.05) is 12.1 Å². The van der Waals surface area contributed by atoms with Crippen molar-refractivity contribution in [3.05, 3.63) is 53.4 Å². The van der Waals surface area contributed by atoms with Gasteiger partial charge in [0.1, 0.15) is 0 Å². The largest absolute Gasteiger partial charge is 0.349 e. The Morgan fingerprint density at radius 2 is 2.12 bits per heavy atom. The van der Waals surface area contributed by atoms with Crippen LogP contribution >= 0.6 is 0 Å². The van der Waals surface area contributed by atoms with E-state index in [4.69, 9.17) is 0 Å². The normalized spacial score (nSPS) is 20.0. The Morgan fingerprint density at radius 1 is 1.28 bits per heavy atom. The van der Waals surface area contributed by atoms with Crippen LogP contribution in [0.4, 0.5) is 5.69 Å². The molecule has 0 aromatic heterocycles. The third-order valence-corrected chi connectivity index (χ3v) is 4.96. The van der Waals surface area contributed by atoms with E-state index < -0.39 is 0 Å². The molecule has 4 rings (SSSR count). The predicted molar refractivity (Wildman–Crippen MR) is 97.2 cm³/mol. The molecule has 1 aliphatic carbocycles. The van der Waals surface area contributed by atoms with Crippen molar-refractivity contribution in [3.63, 3.8) is 0 Å². The molecular weight excluding hydrogens is 314 g/mol. The van der Waals surface area contributed by atoms with Crippen LogP contribution in [0.1, 0.15) is 41.6 Å². The minimum Gasteiger partial charge on any atom is -0.349 e. The van der Waals surface area contributed by atoms with E-state index >= 15 is 0 Å². The lowest BCUT2D eigenvalue weighted by Gasteiger charge is -2.28. The minimum atomic E-state index is -0.00442. The summed E-state index contributed by atoms with van der Waals surface area (Å²) in [5.74, 6) is 0.183. The first-order valence-electron chi connectivity index (χ1n) is 8.99. The Kier molecular flexibility index (Phi) is 4.07. The maximum atomic E-state index is 12.3. The zero-order valence-electron chi connectivity index (χ0n) is 14.5. The van der Waals surface area contributed by atoms with Gasteiger partial charge in [0.2, 0.25) is 5.91 Å². The van der Waals surface area contributed by atoms with Crippen LogP contribution in [0.25, 0.3) is 0 Å². The van der Waals surface area contributed by atoms with E-state index in [-0.39, 0.29) is 11.8 Å². The maximum Gasteiger partial charge on any atom is 0.251 e. The molecule has 5 heteroatoms. The highest BCUT2D eigenvalue weighted by atomic mass is 16.2. The molecule has 3 aliphatic rings. The average molecular weight is 337 g/mol. The van der Waals surface area contributed by atoms with Gasteiger partial charge >= 0.3 is 0 Å². The number of nitrogens with zero attached hydrogens (tertiary/aromatic N) is 2. The summed E-state index contributed by atoms with van der Waals surface area (Å²) in [4.78, 5) is 28.3. The van der Waals surface area contributed by atoms with Crippen molar-refractivity contribution < 1.29 is 9.59 Å². The summed E-state index contributed by atoms with van der Waals surface area (Å²) in [6, 6.07) is 6.17. The number of amides is 2. The molecule has 0 bridgehead atoms. The summed E-state index contributed by atoms with van der Waals surface area (Å²) in [6.07, 6.45) is 9.81. The number of anilines is 1. The van der Waals surface area contributed by atoms with E-state index in [9.17, 15) is 9.59 Å². The van der Waals surface area contributed by atoms with Crippen molar-refractivity contribution in [1.29, 1.82) is 0 Å². The number of carbonyl (C=O) groups is 2. The standard InChI is InChI=1S/C20H23N3O2/c1-14-6-7-15(20(25)21-16-8-9-16)12-18(14)22-10-2-4-17(13-22)23-11-3-5-19(23)24/h2,4,6-7,12-13,16H,3,5,8-11H2,1H3,(H,21,25). The number of hydrogen-bond donors (Lipinski definition) is 1. The molecule has 130 valence electrons. The molecule has 0 radical (unpaired) electrons. The zero-order valence-corrected chi connectivity index (χ0v) is 14.5. The van der Waals surface area contributed by atoms with Crippen molar-refractivity contribution in [2.24, 2.45) is 0 Å². The molecular formula is C20H23N3O2. The summed E-state index contributed by atoms with van der Waals surface area (Å²) in [6.45, 7) is 3.57. The average Bonchev–Trinajstić information content (AvgIpc) is 3.33. The first-order chi connectivity index (χ1) is 12.1. The van der Waals surface area contributed by atoms with Crippen LogP contribution in [0.5, 0.6) is 0 Å². The molecule has 1 aromatic rings. The van der Waals surface area contributed by atoms with Gasteiger partial charge in [0, 0.05) is 43.0 Å². The van der Waals surface area contributed by atoms with Crippen molar-refractivity contribution >= 4 is 17.5 Å². The molecule has 1 saturated carbocycles. The Labute approximate surface area is 148 Å². The van der Waals surface area contributed by atoms with Gasteiger partial charge in [-0.3, -0.25) is 9.59 Å². The van der Waals surface area contributed by atoms with E-state index in [0.717, 1.165) is 49.3 Å². The van der Waals surface area contributed by atoms with E-state index in [2.05, 4.69) is 16.3 Å². The number of benzene rings is 1. The lowest BCUT2D eigenvalue weighted by atomic mass is 10.1. The Hall–Kier alpha value is -2.56. The van der Waals surface area contributed by atoms with Crippen molar-refractivity contribution in [2.45, 2.75) is 38.6 Å². The number of rotatable bonds is 4. The minimum absolute atomic E-state index is 0.00442. The summed E-state index contributed by atoms with van der Waals surface area (Å²) in [5.41, 5.74) is 3.74. The quantitative estimate of drug-likeness (QED) is 0.919. The van der Waals surface area contributed by atoms with Crippen LogP contribution in [-0.4, -0.2) is 35.8 Å². The number of hydrogen-bond acceptors (Lipinski definition) is 3. The third-order valence-electron chi connectivity index (χ3n) is 4.96. The lowest BCUT2D eigenvalue weighted by Crippen LogP contribution is -2.29. The molecule has 0 atom stereocenters. The van der Waals surface area contributed by atoms with Gasteiger partial charge in [-0.15, -0.1) is 0 Å². The molecule has 2 fully saturated rings. The molecule has 0 spiro atoms. The highest BCUT2D eigenvalue weighted by molar-refractivity contribution is 5.95. The molecule has 2 heterocycles. The summed E-state index contributed by atoms with van der Waals surface area (Å²) >= 11 is 0. The van der Waals surface area contributed by atoms with Crippen LogP contribution in [0.3, 0.4) is 0 Å². The van der Waals surface area contributed by atoms with Gasteiger partial charge in [-0.2, -0.15) is 0 Å². The predicted octanol–water partition coefficient (Wildman–Crippen LogP) is 2.73. The van der Waals surface area contributed by atoms with Gasteiger partial charge in [-0.25, -0.2) is 0 Å². The van der Waals surface area contributed by atoms with Crippen molar-refractivity contribution in [1.82, 2.24) is 10.2 Å².